The van der Waals surface area contributed by atoms with Gasteiger partial charge in [0.15, 0.2) is 5.82 Å². The Kier molecular flexibility index (Phi) is 4.08. The Balaban J connectivity index is 2.25. The molecule has 0 bridgehead atoms. The van der Waals surface area contributed by atoms with Crippen LogP contribution in [0.4, 0.5) is 0 Å². The molecule has 0 aliphatic carbocycles. The van der Waals surface area contributed by atoms with Crippen molar-refractivity contribution in [3.63, 3.8) is 0 Å². The Labute approximate surface area is 146 Å². The third-order valence-electron chi connectivity index (χ3n) is 4.35. The summed E-state index contributed by atoms with van der Waals surface area (Å²) < 4.78 is 0. The molecule has 1 heterocycles. The molecule has 0 aliphatic heterocycles. The average molecular weight is 335 g/mol. The SMILES string of the molecule is CC(C)(C)c1cc(-c2nccc([Si](C)(C)C)n2)cc2ccccc12. The summed E-state index contributed by atoms with van der Waals surface area (Å²) >= 11 is 0. The summed E-state index contributed by atoms with van der Waals surface area (Å²) in [5.74, 6) is 0.839. The maximum Gasteiger partial charge on any atom is 0.158 e. The molecule has 3 rings (SSSR count). The van der Waals surface area contributed by atoms with Gasteiger partial charge in [-0.25, -0.2) is 9.97 Å². The molecule has 3 heteroatoms. The van der Waals surface area contributed by atoms with Gasteiger partial charge in [0.05, 0.1) is 0 Å². The van der Waals surface area contributed by atoms with Crippen LogP contribution in [0, 0.1) is 0 Å². The number of hydrogen-bond donors (Lipinski definition) is 0. The van der Waals surface area contributed by atoms with E-state index in [-0.39, 0.29) is 5.41 Å². The van der Waals surface area contributed by atoms with E-state index in [4.69, 9.17) is 4.98 Å². The van der Waals surface area contributed by atoms with Crippen molar-refractivity contribution < 1.29 is 0 Å². The maximum absolute atomic E-state index is 4.89. The Morgan fingerprint density at radius 3 is 2.29 bits per heavy atom. The van der Waals surface area contributed by atoms with Crippen molar-refractivity contribution >= 4 is 24.2 Å². The lowest BCUT2D eigenvalue weighted by molar-refractivity contribution is 0.596. The van der Waals surface area contributed by atoms with Crippen LogP contribution in [-0.2, 0) is 5.41 Å². The van der Waals surface area contributed by atoms with Crippen molar-refractivity contribution in [2.45, 2.75) is 45.8 Å². The molecule has 0 unspecified atom stereocenters. The lowest BCUT2D eigenvalue weighted by Crippen LogP contribution is -2.40. The Bertz CT molecular complexity index is 886. The number of nitrogens with zero attached hydrogens (tertiary/aromatic N) is 2. The molecule has 24 heavy (non-hydrogen) atoms. The molecule has 0 radical (unpaired) electrons. The molecule has 0 atom stereocenters. The molecule has 0 fully saturated rings. The first kappa shape index (κ1) is 16.8. The average Bonchev–Trinajstić information content (AvgIpc) is 2.52. The van der Waals surface area contributed by atoms with Crippen molar-refractivity contribution in [1.82, 2.24) is 9.97 Å². The second-order valence-electron chi connectivity index (χ2n) is 8.51. The Morgan fingerprint density at radius 1 is 0.917 bits per heavy atom. The van der Waals surface area contributed by atoms with Crippen LogP contribution in [0.25, 0.3) is 22.2 Å². The van der Waals surface area contributed by atoms with E-state index < -0.39 is 8.07 Å². The number of hydrogen-bond acceptors (Lipinski definition) is 2. The second kappa shape index (κ2) is 5.82. The van der Waals surface area contributed by atoms with Gasteiger partial charge in [0.25, 0.3) is 0 Å². The van der Waals surface area contributed by atoms with Crippen LogP contribution in [-0.4, -0.2) is 18.0 Å². The summed E-state index contributed by atoms with van der Waals surface area (Å²) in [5, 5.41) is 3.77. The number of rotatable bonds is 2. The fraction of sp³-hybridized carbons (Fsp3) is 0.333. The van der Waals surface area contributed by atoms with Gasteiger partial charge in [0.1, 0.15) is 8.07 Å². The van der Waals surface area contributed by atoms with Crippen LogP contribution in [0.5, 0.6) is 0 Å². The highest BCUT2D eigenvalue weighted by molar-refractivity contribution is 6.88. The molecule has 0 saturated carbocycles. The van der Waals surface area contributed by atoms with Gasteiger partial charge in [-0.1, -0.05) is 64.7 Å². The van der Waals surface area contributed by atoms with Crippen LogP contribution >= 0.6 is 0 Å². The largest absolute Gasteiger partial charge is 0.238 e. The topological polar surface area (TPSA) is 25.8 Å². The molecule has 124 valence electrons. The standard InChI is InChI=1S/C21H26N2Si/c1-21(2,3)18-14-16(13-15-9-7-8-10-17(15)18)20-22-12-11-19(23-20)24(4,5)6/h7-14H,1-6H3. The van der Waals surface area contributed by atoms with Crippen molar-refractivity contribution in [2.24, 2.45) is 0 Å². The molecular formula is C21H26N2Si. The lowest BCUT2D eigenvalue weighted by Gasteiger charge is -2.23. The minimum absolute atomic E-state index is 0.0754. The van der Waals surface area contributed by atoms with E-state index in [2.05, 4.69) is 87.9 Å². The molecule has 0 saturated heterocycles. The fourth-order valence-electron chi connectivity index (χ4n) is 2.98. The van der Waals surface area contributed by atoms with Crippen LogP contribution in [0.15, 0.2) is 48.7 Å². The van der Waals surface area contributed by atoms with Crippen molar-refractivity contribution in [2.75, 3.05) is 0 Å². The highest BCUT2D eigenvalue weighted by Crippen LogP contribution is 2.33. The molecule has 1 aromatic heterocycles. The predicted molar refractivity (Wildman–Crippen MR) is 107 cm³/mol. The quantitative estimate of drug-likeness (QED) is 0.606. The number of fused-ring (bicyclic) bond motifs is 1. The highest BCUT2D eigenvalue weighted by atomic mass is 28.3. The van der Waals surface area contributed by atoms with E-state index >= 15 is 0 Å². The fourth-order valence-corrected chi connectivity index (χ4v) is 3.99. The van der Waals surface area contributed by atoms with E-state index in [0.717, 1.165) is 11.4 Å². The zero-order valence-corrected chi connectivity index (χ0v) is 16.5. The third-order valence-corrected chi connectivity index (χ3v) is 6.17. The molecule has 0 N–H and O–H groups in total. The Morgan fingerprint density at radius 2 is 1.62 bits per heavy atom. The minimum Gasteiger partial charge on any atom is -0.238 e. The third kappa shape index (κ3) is 3.27. The monoisotopic (exact) mass is 334 g/mol. The molecule has 0 spiro atoms. The van der Waals surface area contributed by atoms with Crippen molar-refractivity contribution in [1.29, 1.82) is 0 Å². The van der Waals surface area contributed by atoms with Gasteiger partial charge in [-0.15, -0.1) is 0 Å². The summed E-state index contributed by atoms with van der Waals surface area (Å²) in [4.78, 5) is 9.46. The zero-order chi connectivity index (χ0) is 17.5. The summed E-state index contributed by atoms with van der Waals surface area (Å²) in [6.07, 6.45) is 1.90. The molecule has 0 aliphatic rings. The van der Waals surface area contributed by atoms with E-state index in [1.807, 2.05) is 6.20 Å². The first-order valence-corrected chi connectivity index (χ1v) is 12.0. The van der Waals surface area contributed by atoms with Crippen LogP contribution in [0.2, 0.25) is 19.6 Å². The maximum atomic E-state index is 4.89. The summed E-state index contributed by atoms with van der Waals surface area (Å²) in [6.45, 7) is 13.7. The van der Waals surface area contributed by atoms with Crippen LogP contribution in [0.3, 0.4) is 0 Å². The molecule has 2 aromatic carbocycles. The van der Waals surface area contributed by atoms with E-state index in [0.29, 0.717) is 0 Å². The van der Waals surface area contributed by atoms with Gasteiger partial charge in [-0.3, -0.25) is 0 Å². The summed E-state index contributed by atoms with van der Waals surface area (Å²) in [6, 6.07) is 15.1. The van der Waals surface area contributed by atoms with Gasteiger partial charge >= 0.3 is 0 Å². The first-order valence-electron chi connectivity index (χ1n) is 8.53. The summed E-state index contributed by atoms with van der Waals surface area (Å²) in [7, 11) is -1.45. The minimum atomic E-state index is -1.45. The van der Waals surface area contributed by atoms with Gasteiger partial charge in [-0.05, 0) is 39.9 Å². The first-order chi connectivity index (χ1) is 11.2. The van der Waals surface area contributed by atoms with Gasteiger partial charge in [-0.2, -0.15) is 0 Å². The van der Waals surface area contributed by atoms with Gasteiger partial charge in [0, 0.05) is 17.1 Å². The molecular weight excluding hydrogens is 308 g/mol. The van der Waals surface area contributed by atoms with E-state index in [9.17, 15) is 0 Å². The zero-order valence-electron chi connectivity index (χ0n) is 15.5. The number of aromatic nitrogens is 2. The van der Waals surface area contributed by atoms with Crippen LogP contribution < -0.4 is 5.32 Å². The van der Waals surface area contributed by atoms with E-state index in [1.54, 1.807) is 0 Å². The molecule has 3 aromatic rings. The van der Waals surface area contributed by atoms with Gasteiger partial charge in [0.2, 0.25) is 0 Å². The van der Waals surface area contributed by atoms with E-state index in [1.165, 1.54) is 21.7 Å². The Hall–Kier alpha value is -2.00. The van der Waals surface area contributed by atoms with Crippen molar-refractivity contribution in [3.8, 4) is 11.4 Å². The highest BCUT2D eigenvalue weighted by Gasteiger charge is 2.21. The number of benzene rings is 2. The van der Waals surface area contributed by atoms with Gasteiger partial charge < -0.3 is 0 Å². The second-order valence-corrected chi connectivity index (χ2v) is 13.5. The lowest BCUT2D eigenvalue weighted by atomic mass is 9.82. The van der Waals surface area contributed by atoms with Crippen LogP contribution in [0.1, 0.15) is 26.3 Å². The predicted octanol–water partition coefficient (Wildman–Crippen LogP) is 5.14. The molecule has 2 nitrogen and oxygen atoms in total. The summed E-state index contributed by atoms with van der Waals surface area (Å²) in [5.41, 5.74) is 2.53. The van der Waals surface area contributed by atoms with Crippen molar-refractivity contribution in [3.05, 3.63) is 54.2 Å². The smallest absolute Gasteiger partial charge is 0.158 e. The normalized spacial score (nSPS) is 12.6. The molecule has 0 amide bonds.